The number of hydrogen-bond acceptors (Lipinski definition) is 4. The van der Waals surface area contributed by atoms with Crippen molar-refractivity contribution >= 4 is 0 Å². The highest BCUT2D eigenvalue weighted by Crippen LogP contribution is 2.20. The first kappa shape index (κ1) is 14.3. The Balaban J connectivity index is 1.58. The average molecular weight is 256 g/mol. The normalized spacial score (nSPS) is 34.0. The van der Waals surface area contributed by atoms with Gasteiger partial charge in [0.05, 0.1) is 25.4 Å². The van der Waals surface area contributed by atoms with E-state index < -0.39 is 0 Å². The zero-order valence-corrected chi connectivity index (χ0v) is 11.9. The van der Waals surface area contributed by atoms with Gasteiger partial charge in [0, 0.05) is 12.6 Å². The summed E-state index contributed by atoms with van der Waals surface area (Å²) < 4.78 is 11.8. The molecule has 3 atom stereocenters. The van der Waals surface area contributed by atoms with E-state index in [1.807, 2.05) is 7.05 Å². The predicted molar refractivity (Wildman–Crippen MR) is 72.9 cm³/mol. The fraction of sp³-hybridized carbons (Fsp3) is 1.00. The van der Waals surface area contributed by atoms with Gasteiger partial charge in [0.1, 0.15) is 0 Å². The summed E-state index contributed by atoms with van der Waals surface area (Å²) >= 11 is 0. The zero-order chi connectivity index (χ0) is 12.8. The van der Waals surface area contributed by atoms with Crippen molar-refractivity contribution in [3.8, 4) is 0 Å². The molecular formula is C14H28N2O2. The van der Waals surface area contributed by atoms with E-state index in [4.69, 9.17) is 9.47 Å². The molecule has 2 aliphatic rings. The molecule has 0 amide bonds. The molecule has 0 spiro atoms. The topological polar surface area (TPSA) is 33.7 Å². The number of likely N-dealkylation sites (N-methyl/N-ethyl adjacent to an activating group) is 2. The number of piperidine rings is 1. The van der Waals surface area contributed by atoms with Crippen LogP contribution in [0, 0.1) is 0 Å². The van der Waals surface area contributed by atoms with Gasteiger partial charge in [0.2, 0.25) is 0 Å². The molecule has 18 heavy (non-hydrogen) atoms. The third-order valence-corrected chi connectivity index (χ3v) is 4.16. The molecule has 4 heteroatoms. The lowest BCUT2D eigenvalue weighted by atomic mass is 10.0. The molecule has 1 N–H and O–H groups in total. The molecule has 2 saturated heterocycles. The molecule has 2 heterocycles. The smallest absolute Gasteiger partial charge is 0.0813 e. The summed E-state index contributed by atoms with van der Waals surface area (Å²) in [5.41, 5.74) is 0. The lowest BCUT2D eigenvalue weighted by molar-refractivity contribution is -0.0296. The minimum Gasteiger partial charge on any atom is -0.377 e. The molecule has 0 radical (unpaired) electrons. The SMILES string of the molecule is CNCC1CCC(COCC2CCCCN2C)O1. The van der Waals surface area contributed by atoms with Crippen LogP contribution < -0.4 is 5.32 Å². The molecule has 4 nitrogen and oxygen atoms in total. The van der Waals surface area contributed by atoms with Gasteiger partial charge >= 0.3 is 0 Å². The van der Waals surface area contributed by atoms with Crippen molar-refractivity contribution < 1.29 is 9.47 Å². The van der Waals surface area contributed by atoms with Crippen molar-refractivity contribution in [1.29, 1.82) is 0 Å². The van der Waals surface area contributed by atoms with Crippen molar-refractivity contribution in [2.75, 3.05) is 40.4 Å². The summed E-state index contributed by atoms with van der Waals surface area (Å²) in [6, 6.07) is 0.619. The van der Waals surface area contributed by atoms with E-state index in [-0.39, 0.29) is 0 Å². The number of nitrogens with one attached hydrogen (secondary N) is 1. The van der Waals surface area contributed by atoms with E-state index in [1.165, 1.54) is 25.8 Å². The van der Waals surface area contributed by atoms with Crippen LogP contribution in [0.2, 0.25) is 0 Å². The molecule has 0 aromatic rings. The number of hydrogen-bond donors (Lipinski definition) is 1. The summed E-state index contributed by atoms with van der Waals surface area (Å²) in [5.74, 6) is 0. The summed E-state index contributed by atoms with van der Waals surface area (Å²) in [5, 5.41) is 3.17. The largest absolute Gasteiger partial charge is 0.377 e. The second kappa shape index (κ2) is 7.43. The Morgan fingerprint density at radius 3 is 2.78 bits per heavy atom. The molecule has 106 valence electrons. The van der Waals surface area contributed by atoms with Gasteiger partial charge in [0.15, 0.2) is 0 Å². The van der Waals surface area contributed by atoms with Gasteiger partial charge < -0.3 is 19.7 Å². The van der Waals surface area contributed by atoms with Crippen LogP contribution in [0.4, 0.5) is 0 Å². The van der Waals surface area contributed by atoms with Crippen LogP contribution in [-0.2, 0) is 9.47 Å². The van der Waals surface area contributed by atoms with Crippen molar-refractivity contribution in [1.82, 2.24) is 10.2 Å². The fourth-order valence-electron chi connectivity index (χ4n) is 2.97. The van der Waals surface area contributed by atoms with E-state index in [0.717, 1.165) is 32.6 Å². The zero-order valence-electron chi connectivity index (χ0n) is 11.9. The van der Waals surface area contributed by atoms with Gasteiger partial charge in [-0.3, -0.25) is 0 Å². The van der Waals surface area contributed by atoms with E-state index in [0.29, 0.717) is 18.2 Å². The van der Waals surface area contributed by atoms with Gasteiger partial charge in [0.25, 0.3) is 0 Å². The Kier molecular flexibility index (Phi) is 5.89. The molecule has 0 aromatic carbocycles. The molecule has 2 aliphatic heterocycles. The standard InChI is InChI=1S/C14H28N2O2/c1-15-9-13-6-7-14(18-13)11-17-10-12-5-3-4-8-16(12)2/h12-15H,3-11H2,1-2H3. The number of rotatable bonds is 6. The van der Waals surface area contributed by atoms with Gasteiger partial charge in [-0.2, -0.15) is 0 Å². The maximum absolute atomic E-state index is 5.92. The first-order chi connectivity index (χ1) is 8.79. The highest BCUT2D eigenvalue weighted by Gasteiger charge is 2.25. The summed E-state index contributed by atoms with van der Waals surface area (Å²) in [6.07, 6.45) is 6.99. The van der Waals surface area contributed by atoms with Crippen molar-refractivity contribution in [2.45, 2.75) is 50.4 Å². The van der Waals surface area contributed by atoms with Crippen LogP contribution in [0.1, 0.15) is 32.1 Å². The molecule has 2 fully saturated rings. The molecular weight excluding hydrogens is 228 g/mol. The third-order valence-electron chi connectivity index (χ3n) is 4.16. The summed E-state index contributed by atoms with van der Waals surface area (Å²) in [6.45, 7) is 3.82. The second-order valence-corrected chi connectivity index (χ2v) is 5.68. The maximum Gasteiger partial charge on any atom is 0.0813 e. The number of ether oxygens (including phenoxy) is 2. The first-order valence-electron chi connectivity index (χ1n) is 7.37. The van der Waals surface area contributed by atoms with Crippen LogP contribution in [-0.4, -0.2) is 63.5 Å². The van der Waals surface area contributed by atoms with E-state index in [9.17, 15) is 0 Å². The van der Waals surface area contributed by atoms with Crippen LogP contribution in [0.15, 0.2) is 0 Å². The van der Waals surface area contributed by atoms with E-state index >= 15 is 0 Å². The van der Waals surface area contributed by atoms with E-state index in [2.05, 4.69) is 17.3 Å². The Hall–Kier alpha value is -0.160. The lowest BCUT2D eigenvalue weighted by Gasteiger charge is -2.32. The second-order valence-electron chi connectivity index (χ2n) is 5.68. The highest BCUT2D eigenvalue weighted by atomic mass is 16.5. The van der Waals surface area contributed by atoms with Crippen LogP contribution >= 0.6 is 0 Å². The quantitative estimate of drug-likeness (QED) is 0.775. The van der Waals surface area contributed by atoms with Crippen LogP contribution in [0.3, 0.4) is 0 Å². The molecule has 2 rings (SSSR count). The summed E-state index contributed by atoms with van der Waals surface area (Å²) in [4.78, 5) is 2.43. The minimum atomic E-state index is 0.317. The average Bonchev–Trinajstić information content (AvgIpc) is 2.80. The number of likely N-dealkylation sites (tertiary alicyclic amines) is 1. The molecule has 0 aromatic heterocycles. The Bertz CT molecular complexity index is 238. The van der Waals surface area contributed by atoms with Crippen molar-refractivity contribution in [3.63, 3.8) is 0 Å². The number of nitrogens with zero attached hydrogens (tertiary/aromatic N) is 1. The fourth-order valence-corrected chi connectivity index (χ4v) is 2.97. The van der Waals surface area contributed by atoms with Crippen molar-refractivity contribution in [2.24, 2.45) is 0 Å². The van der Waals surface area contributed by atoms with Crippen LogP contribution in [0.5, 0.6) is 0 Å². The maximum atomic E-state index is 5.92. The molecule has 0 aliphatic carbocycles. The predicted octanol–water partition coefficient (Wildman–Crippen LogP) is 1.25. The van der Waals surface area contributed by atoms with Crippen LogP contribution in [0.25, 0.3) is 0 Å². The van der Waals surface area contributed by atoms with Gasteiger partial charge in [-0.1, -0.05) is 6.42 Å². The Morgan fingerprint density at radius 1 is 1.17 bits per heavy atom. The Labute approximate surface area is 111 Å². The molecule has 0 saturated carbocycles. The third kappa shape index (κ3) is 4.19. The molecule has 3 unspecified atom stereocenters. The van der Waals surface area contributed by atoms with E-state index in [1.54, 1.807) is 0 Å². The van der Waals surface area contributed by atoms with Crippen molar-refractivity contribution in [3.05, 3.63) is 0 Å². The lowest BCUT2D eigenvalue weighted by Crippen LogP contribution is -2.40. The molecule has 0 bridgehead atoms. The monoisotopic (exact) mass is 256 g/mol. The Morgan fingerprint density at radius 2 is 2.00 bits per heavy atom. The minimum absolute atomic E-state index is 0.317. The van der Waals surface area contributed by atoms with Gasteiger partial charge in [-0.15, -0.1) is 0 Å². The summed E-state index contributed by atoms with van der Waals surface area (Å²) in [7, 11) is 4.19. The van der Waals surface area contributed by atoms with Gasteiger partial charge in [-0.05, 0) is 46.3 Å². The highest BCUT2D eigenvalue weighted by molar-refractivity contribution is 4.76. The van der Waals surface area contributed by atoms with Gasteiger partial charge in [-0.25, -0.2) is 0 Å². The first-order valence-corrected chi connectivity index (χ1v) is 7.37.